The molecule has 0 bridgehead atoms. The third-order valence-electron chi connectivity index (χ3n) is 4.16. The molecule has 1 amide bonds. The Morgan fingerprint density at radius 3 is 2.44 bits per heavy atom. The molecule has 1 aliphatic rings. The molecule has 0 radical (unpaired) electrons. The van der Waals surface area contributed by atoms with Crippen LogP contribution in [0.5, 0.6) is 0 Å². The summed E-state index contributed by atoms with van der Waals surface area (Å²) in [7, 11) is 0. The Labute approximate surface area is 164 Å². The van der Waals surface area contributed by atoms with Gasteiger partial charge in [-0.3, -0.25) is 9.69 Å². The molecule has 0 spiro atoms. The van der Waals surface area contributed by atoms with Crippen LogP contribution in [0.15, 0.2) is 45.5 Å². The Hall–Kier alpha value is -1.44. The van der Waals surface area contributed by atoms with Gasteiger partial charge in [-0.1, -0.05) is 6.07 Å². The number of carbonyl (C=O) groups excluding carboxylic acids is 1. The van der Waals surface area contributed by atoms with Crippen LogP contribution in [0.4, 0.5) is 11.5 Å². The first-order valence-electron chi connectivity index (χ1n) is 8.17. The van der Waals surface area contributed by atoms with Crippen molar-refractivity contribution in [3.63, 3.8) is 0 Å². The van der Waals surface area contributed by atoms with Crippen molar-refractivity contribution in [1.29, 1.82) is 0 Å². The van der Waals surface area contributed by atoms with Crippen LogP contribution >= 0.6 is 31.9 Å². The van der Waals surface area contributed by atoms with Crippen molar-refractivity contribution >= 4 is 49.3 Å². The highest BCUT2D eigenvalue weighted by Gasteiger charge is 2.20. The molecule has 2 heterocycles. The van der Waals surface area contributed by atoms with Gasteiger partial charge in [0, 0.05) is 41.3 Å². The molecule has 2 aromatic rings. The fourth-order valence-corrected chi connectivity index (χ4v) is 4.49. The Balaban J connectivity index is 1.53. The fraction of sp³-hybridized carbons (Fsp3) is 0.333. The van der Waals surface area contributed by atoms with Crippen LogP contribution in [0.2, 0.25) is 0 Å². The molecule has 25 heavy (non-hydrogen) atoms. The van der Waals surface area contributed by atoms with Gasteiger partial charge < -0.3 is 10.2 Å². The summed E-state index contributed by atoms with van der Waals surface area (Å²) in [5, 5.41) is 3.00. The molecule has 0 aliphatic carbocycles. The minimum atomic E-state index is -0.00320. The molecule has 1 aliphatic heterocycles. The predicted molar refractivity (Wildman–Crippen MR) is 108 cm³/mol. The van der Waals surface area contributed by atoms with E-state index in [-0.39, 0.29) is 5.91 Å². The molecular formula is C18H20Br2N4O. The number of aryl methyl sites for hydroxylation is 1. The number of anilines is 2. The highest BCUT2D eigenvalue weighted by atomic mass is 79.9. The van der Waals surface area contributed by atoms with Gasteiger partial charge in [0.2, 0.25) is 5.91 Å². The zero-order valence-corrected chi connectivity index (χ0v) is 17.2. The largest absolute Gasteiger partial charge is 0.354 e. The number of hydrogen-bond acceptors (Lipinski definition) is 4. The van der Waals surface area contributed by atoms with E-state index in [9.17, 15) is 4.79 Å². The van der Waals surface area contributed by atoms with Crippen molar-refractivity contribution in [2.75, 3.05) is 42.9 Å². The molecule has 0 saturated carbocycles. The SMILES string of the molecule is Cc1cc(Br)c(NC(=O)CN2CCN(c3ccccn3)CC2)c(Br)c1. The topological polar surface area (TPSA) is 48.5 Å². The van der Waals surface area contributed by atoms with E-state index < -0.39 is 0 Å². The average molecular weight is 468 g/mol. The second-order valence-corrected chi connectivity index (χ2v) is 7.81. The lowest BCUT2D eigenvalue weighted by Crippen LogP contribution is -2.48. The molecule has 3 rings (SSSR count). The number of piperazine rings is 1. The van der Waals surface area contributed by atoms with Gasteiger partial charge in [-0.25, -0.2) is 4.98 Å². The number of benzene rings is 1. The number of hydrogen-bond donors (Lipinski definition) is 1. The van der Waals surface area contributed by atoms with Crippen LogP contribution in [-0.4, -0.2) is 48.5 Å². The Morgan fingerprint density at radius 1 is 1.16 bits per heavy atom. The summed E-state index contributed by atoms with van der Waals surface area (Å²) in [4.78, 5) is 21.2. The zero-order chi connectivity index (χ0) is 17.8. The number of halogens is 2. The molecule has 0 unspecified atom stereocenters. The number of nitrogens with one attached hydrogen (secondary N) is 1. The van der Waals surface area contributed by atoms with Crippen molar-refractivity contribution in [3.05, 3.63) is 51.0 Å². The molecule has 1 fully saturated rings. The van der Waals surface area contributed by atoms with Gasteiger partial charge in [0.15, 0.2) is 0 Å². The number of amides is 1. The molecule has 1 N–H and O–H groups in total. The number of rotatable bonds is 4. The minimum Gasteiger partial charge on any atom is -0.354 e. The summed E-state index contributed by atoms with van der Waals surface area (Å²) in [6.45, 7) is 5.86. The Bertz CT molecular complexity index is 723. The summed E-state index contributed by atoms with van der Waals surface area (Å²) < 4.78 is 1.76. The second-order valence-electron chi connectivity index (χ2n) is 6.10. The maximum atomic E-state index is 12.4. The lowest BCUT2D eigenvalue weighted by atomic mass is 10.2. The highest BCUT2D eigenvalue weighted by Crippen LogP contribution is 2.32. The van der Waals surface area contributed by atoms with Gasteiger partial charge in [0.25, 0.3) is 0 Å². The molecule has 1 saturated heterocycles. The van der Waals surface area contributed by atoms with E-state index in [0.29, 0.717) is 6.54 Å². The van der Waals surface area contributed by atoms with Gasteiger partial charge in [-0.15, -0.1) is 0 Å². The first-order chi connectivity index (χ1) is 12.0. The van der Waals surface area contributed by atoms with Crippen molar-refractivity contribution in [2.45, 2.75) is 6.92 Å². The van der Waals surface area contributed by atoms with Crippen molar-refractivity contribution in [3.8, 4) is 0 Å². The van der Waals surface area contributed by atoms with E-state index in [2.05, 4.69) is 52.0 Å². The average Bonchev–Trinajstić information content (AvgIpc) is 2.59. The van der Waals surface area contributed by atoms with E-state index in [1.807, 2.05) is 43.5 Å². The molecule has 0 atom stereocenters. The number of pyridine rings is 1. The number of carbonyl (C=O) groups is 1. The van der Waals surface area contributed by atoms with Crippen LogP contribution in [0.25, 0.3) is 0 Å². The van der Waals surface area contributed by atoms with E-state index in [1.54, 1.807) is 0 Å². The first kappa shape index (κ1) is 18.4. The molecule has 1 aromatic heterocycles. The molecular weight excluding hydrogens is 448 g/mol. The maximum Gasteiger partial charge on any atom is 0.238 e. The van der Waals surface area contributed by atoms with Gasteiger partial charge in [-0.2, -0.15) is 0 Å². The van der Waals surface area contributed by atoms with Crippen molar-refractivity contribution < 1.29 is 4.79 Å². The van der Waals surface area contributed by atoms with Gasteiger partial charge in [-0.05, 0) is 68.6 Å². The number of nitrogens with zero attached hydrogens (tertiary/aromatic N) is 3. The minimum absolute atomic E-state index is 0.00320. The summed E-state index contributed by atoms with van der Waals surface area (Å²) in [5.41, 5.74) is 1.91. The first-order valence-corrected chi connectivity index (χ1v) is 9.75. The van der Waals surface area contributed by atoms with Crippen LogP contribution < -0.4 is 10.2 Å². The second kappa shape index (κ2) is 8.29. The van der Waals surface area contributed by atoms with Crippen LogP contribution in [-0.2, 0) is 4.79 Å². The molecule has 7 heteroatoms. The van der Waals surface area contributed by atoms with Crippen LogP contribution in [0.1, 0.15) is 5.56 Å². The molecule has 5 nitrogen and oxygen atoms in total. The Morgan fingerprint density at radius 2 is 1.84 bits per heavy atom. The lowest BCUT2D eigenvalue weighted by Gasteiger charge is -2.35. The van der Waals surface area contributed by atoms with Crippen LogP contribution in [0.3, 0.4) is 0 Å². The van der Waals surface area contributed by atoms with Crippen molar-refractivity contribution in [1.82, 2.24) is 9.88 Å². The smallest absolute Gasteiger partial charge is 0.238 e. The van der Waals surface area contributed by atoms with Gasteiger partial charge in [0.05, 0.1) is 12.2 Å². The van der Waals surface area contributed by atoms with E-state index in [0.717, 1.165) is 52.2 Å². The lowest BCUT2D eigenvalue weighted by molar-refractivity contribution is -0.117. The Kier molecular flexibility index (Phi) is 6.09. The summed E-state index contributed by atoms with van der Waals surface area (Å²) in [5.74, 6) is 0.996. The summed E-state index contributed by atoms with van der Waals surface area (Å²) >= 11 is 7.03. The number of aromatic nitrogens is 1. The van der Waals surface area contributed by atoms with Crippen molar-refractivity contribution in [2.24, 2.45) is 0 Å². The van der Waals surface area contributed by atoms with Gasteiger partial charge in [0.1, 0.15) is 5.82 Å². The third-order valence-corrected chi connectivity index (χ3v) is 5.41. The third kappa shape index (κ3) is 4.80. The predicted octanol–water partition coefficient (Wildman–Crippen LogP) is 3.68. The standard InChI is InChI=1S/C18H20Br2N4O/c1-13-10-14(19)18(15(20)11-13)22-17(25)12-23-6-8-24(9-7-23)16-4-2-3-5-21-16/h2-5,10-11H,6-9,12H2,1H3,(H,22,25). The maximum absolute atomic E-state index is 12.4. The normalized spacial score (nSPS) is 15.2. The summed E-state index contributed by atoms with van der Waals surface area (Å²) in [6.07, 6.45) is 1.81. The van der Waals surface area contributed by atoms with Gasteiger partial charge >= 0.3 is 0 Å². The van der Waals surface area contributed by atoms with Crippen LogP contribution in [0, 0.1) is 6.92 Å². The zero-order valence-electron chi connectivity index (χ0n) is 14.0. The highest BCUT2D eigenvalue weighted by molar-refractivity contribution is 9.11. The monoisotopic (exact) mass is 466 g/mol. The van der Waals surface area contributed by atoms with E-state index in [1.165, 1.54) is 0 Å². The fourth-order valence-electron chi connectivity index (χ4n) is 2.88. The van der Waals surface area contributed by atoms with E-state index >= 15 is 0 Å². The molecule has 132 valence electrons. The summed E-state index contributed by atoms with van der Waals surface area (Å²) in [6, 6.07) is 9.93. The van der Waals surface area contributed by atoms with E-state index in [4.69, 9.17) is 0 Å². The molecule has 1 aromatic carbocycles. The quantitative estimate of drug-likeness (QED) is 0.745.